The Kier molecular flexibility index (Phi) is 4.70. The second kappa shape index (κ2) is 5.58. The van der Waals surface area contributed by atoms with Crippen LogP contribution < -0.4 is 0 Å². The number of hydrogen-bond acceptors (Lipinski definition) is 3. The molecular weight excluding hydrogens is 166 g/mol. The van der Waals surface area contributed by atoms with Crippen molar-refractivity contribution >= 4 is 0 Å². The van der Waals surface area contributed by atoms with Crippen LogP contribution in [0, 0.1) is 0 Å². The number of aliphatic hydroxyl groups excluding tert-OH is 1. The quantitative estimate of drug-likeness (QED) is 0.642. The van der Waals surface area contributed by atoms with Gasteiger partial charge in [-0.2, -0.15) is 0 Å². The van der Waals surface area contributed by atoms with Crippen LogP contribution in [0.2, 0.25) is 0 Å². The molecule has 0 aromatic carbocycles. The monoisotopic (exact) mass is 187 g/mol. The zero-order valence-electron chi connectivity index (χ0n) is 8.70. The maximum atomic E-state index is 8.84. The Balaban J connectivity index is 2.07. The highest BCUT2D eigenvalue weighted by Gasteiger charge is 2.27. The Morgan fingerprint density at radius 1 is 1.38 bits per heavy atom. The summed E-state index contributed by atoms with van der Waals surface area (Å²) in [5, 5.41) is 8.84. The largest absolute Gasteiger partial charge is 0.395 e. The van der Waals surface area contributed by atoms with Crippen molar-refractivity contribution in [1.82, 2.24) is 4.90 Å². The summed E-state index contributed by atoms with van der Waals surface area (Å²) in [4.78, 5) is 2.32. The third kappa shape index (κ3) is 4.60. The van der Waals surface area contributed by atoms with Crippen LogP contribution in [0.25, 0.3) is 0 Å². The molecule has 1 fully saturated rings. The Bertz CT molecular complexity index is 135. The van der Waals surface area contributed by atoms with E-state index < -0.39 is 0 Å². The molecule has 0 spiro atoms. The van der Waals surface area contributed by atoms with Gasteiger partial charge >= 0.3 is 0 Å². The molecule has 1 saturated carbocycles. The first kappa shape index (κ1) is 11.0. The smallest absolute Gasteiger partial charge is 0.0597 e. The fourth-order valence-electron chi connectivity index (χ4n) is 1.45. The van der Waals surface area contributed by atoms with E-state index in [1.807, 2.05) is 13.8 Å². The fraction of sp³-hybridized carbons (Fsp3) is 1.00. The molecule has 0 aromatic rings. The third-order valence-corrected chi connectivity index (χ3v) is 2.28. The number of ether oxygens (including phenoxy) is 1. The van der Waals surface area contributed by atoms with Gasteiger partial charge in [0.25, 0.3) is 0 Å². The molecule has 1 rings (SSSR count). The van der Waals surface area contributed by atoms with Gasteiger partial charge in [0.15, 0.2) is 0 Å². The van der Waals surface area contributed by atoms with E-state index in [-0.39, 0.29) is 6.61 Å². The predicted molar refractivity (Wildman–Crippen MR) is 52.8 cm³/mol. The van der Waals surface area contributed by atoms with Crippen LogP contribution in [0.3, 0.4) is 0 Å². The molecule has 0 aliphatic heterocycles. The third-order valence-electron chi connectivity index (χ3n) is 2.28. The Morgan fingerprint density at radius 2 is 2.08 bits per heavy atom. The minimum absolute atomic E-state index is 0.262. The average Bonchev–Trinajstić information content (AvgIpc) is 2.84. The van der Waals surface area contributed by atoms with E-state index in [0.717, 1.165) is 25.7 Å². The lowest BCUT2D eigenvalue weighted by Gasteiger charge is -2.21. The highest BCUT2D eigenvalue weighted by Crippen LogP contribution is 2.25. The SMILES string of the molecule is CC(C)OCCN(CCO)C1CC1. The van der Waals surface area contributed by atoms with Gasteiger partial charge in [-0.15, -0.1) is 0 Å². The van der Waals surface area contributed by atoms with Crippen molar-refractivity contribution < 1.29 is 9.84 Å². The molecule has 0 unspecified atom stereocenters. The molecule has 1 N–H and O–H groups in total. The van der Waals surface area contributed by atoms with Crippen molar-refractivity contribution in [3.63, 3.8) is 0 Å². The molecule has 78 valence electrons. The Hall–Kier alpha value is -0.120. The van der Waals surface area contributed by atoms with Crippen LogP contribution in [0.5, 0.6) is 0 Å². The van der Waals surface area contributed by atoms with Crippen molar-refractivity contribution in [3.05, 3.63) is 0 Å². The Labute approximate surface area is 80.7 Å². The topological polar surface area (TPSA) is 32.7 Å². The van der Waals surface area contributed by atoms with Crippen molar-refractivity contribution in [2.75, 3.05) is 26.3 Å². The molecule has 1 aliphatic carbocycles. The molecule has 0 amide bonds. The minimum Gasteiger partial charge on any atom is -0.395 e. The molecule has 0 saturated heterocycles. The van der Waals surface area contributed by atoms with E-state index >= 15 is 0 Å². The van der Waals surface area contributed by atoms with Crippen LogP contribution in [0.4, 0.5) is 0 Å². The summed E-state index contributed by atoms with van der Waals surface area (Å²) in [5.41, 5.74) is 0. The van der Waals surface area contributed by atoms with Crippen molar-refractivity contribution in [3.8, 4) is 0 Å². The van der Waals surface area contributed by atoms with Crippen molar-refractivity contribution in [2.45, 2.75) is 38.8 Å². The second-order valence-corrected chi connectivity index (χ2v) is 3.91. The van der Waals surface area contributed by atoms with E-state index in [0.29, 0.717) is 6.10 Å². The van der Waals surface area contributed by atoms with Gasteiger partial charge in [0, 0.05) is 19.1 Å². The molecule has 0 radical (unpaired) electrons. The second-order valence-electron chi connectivity index (χ2n) is 3.91. The van der Waals surface area contributed by atoms with E-state index in [4.69, 9.17) is 9.84 Å². The van der Waals surface area contributed by atoms with Crippen LogP contribution in [-0.4, -0.2) is 48.5 Å². The first-order valence-electron chi connectivity index (χ1n) is 5.20. The first-order valence-corrected chi connectivity index (χ1v) is 5.20. The lowest BCUT2D eigenvalue weighted by atomic mass is 10.4. The van der Waals surface area contributed by atoms with Gasteiger partial charge in [-0.05, 0) is 26.7 Å². The fourth-order valence-corrected chi connectivity index (χ4v) is 1.45. The van der Waals surface area contributed by atoms with E-state index in [9.17, 15) is 0 Å². The van der Waals surface area contributed by atoms with E-state index in [1.165, 1.54) is 12.8 Å². The highest BCUT2D eigenvalue weighted by atomic mass is 16.5. The molecule has 13 heavy (non-hydrogen) atoms. The summed E-state index contributed by atoms with van der Waals surface area (Å²) < 4.78 is 5.47. The molecule has 0 bridgehead atoms. The van der Waals surface area contributed by atoms with Gasteiger partial charge in [-0.3, -0.25) is 4.90 Å². The van der Waals surface area contributed by atoms with Crippen LogP contribution >= 0.6 is 0 Å². The van der Waals surface area contributed by atoms with Gasteiger partial charge in [-0.1, -0.05) is 0 Å². The van der Waals surface area contributed by atoms with Crippen molar-refractivity contribution in [2.24, 2.45) is 0 Å². The maximum Gasteiger partial charge on any atom is 0.0597 e. The molecular formula is C10H21NO2. The summed E-state index contributed by atoms with van der Waals surface area (Å²) in [6, 6.07) is 0.725. The molecule has 3 nitrogen and oxygen atoms in total. The summed E-state index contributed by atoms with van der Waals surface area (Å²) in [7, 11) is 0. The zero-order chi connectivity index (χ0) is 9.68. The number of aliphatic hydroxyl groups is 1. The molecule has 0 heterocycles. The summed E-state index contributed by atoms with van der Waals surface area (Å²) in [6.45, 7) is 6.91. The number of hydrogen-bond donors (Lipinski definition) is 1. The van der Waals surface area contributed by atoms with E-state index in [1.54, 1.807) is 0 Å². The van der Waals surface area contributed by atoms with Gasteiger partial charge < -0.3 is 9.84 Å². The molecule has 0 aromatic heterocycles. The van der Waals surface area contributed by atoms with Gasteiger partial charge in [0.05, 0.1) is 19.3 Å². The highest BCUT2D eigenvalue weighted by molar-refractivity contribution is 4.84. The van der Waals surface area contributed by atoms with Gasteiger partial charge in [-0.25, -0.2) is 0 Å². The lowest BCUT2D eigenvalue weighted by molar-refractivity contribution is 0.0533. The molecule has 1 aliphatic rings. The summed E-state index contributed by atoms with van der Waals surface area (Å²) in [5.74, 6) is 0. The van der Waals surface area contributed by atoms with Crippen LogP contribution in [0.1, 0.15) is 26.7 Å². The number of rotatable bonds is 7. The van der Waals surface area contributed by atoms with Crippen LogP contribution in [-0.2, 0) is 4.74 Å². The first-order chi connectivity index (χ1) is 6.24. The normalized spacial score (nSPS) is 17.3. The molecule has 3 heteroatoms. The number of nitrogens with zero attached hydrogens (tertiary/aromatic N) is 1. The standard InChI is InChI=1S/C10H21NO2/c1-9(2)13-8-6-11(5-7-12)10-3-4-10/h9-10,12H,3-8H2,1-2H3. The zero-order valence-corrected chi connectivity index (χ0v) is 8.70. The summed E-state index contributed by atoms with van der Waals surface area (Å²) in [6.07, 6.45) is 2.90. The van der Waals surface area contributed by atoms with Crippen LogP contribution in [0.15, 0.2) is 0 Å². The molecule has 0 atom stereocenters. The van der Waals surface area contributed by atoms with Gasteiger partial charge in [0.2, 0.25) is 0 Å². The maximum absolute atomic E-state index is 8.84. The predicted octanol–water partition coefficient (Wildman–Crippen LogP) is 0.868. The van der Waals surface area contributed by atoms with Crippen molar-refractivity contribution in [1.29, 1.82) is 0 Å². The average molecular weight is 187 g/mol. The van der Waals surface area contributed by atoms with E-state index in [2.05, 4.69) is 4.90 Å². The van der Waals surface area contributed by atoms with Gasteiger partial charge in [0.1, 0.15) is 0 Å². The summed E-state index contributed by atoms with van der Waals surface area (Å²) >= 11 is 0. The minimum atomic E-state index is 0.262. The Morgan fingerprint density at radius 3 is 2.54 bits per heavy atom. The lowest BCUT2D eigenvalue weighted by Crippen LogP contribution is -2.32.